The number of esters is 1. The normalized spacial score (nSPS) is 28.2. The lowest BCUT2D eigenvalue weighted by atomic mass is 9.79. The minimum atomic E-state index is -0.915. The quantitative estimate of drug-likeness (QED) is 0.360. The van der Waals surface area contributed by atoms with Crippen molar-refractivity contribution in [1.29, 1.82) is 0 Å². The molecule has 12 heavy (non-hydrogen) atoms. The smallest absolute Gasteiger partial charge is 0.320 e. The highest BCUT2D eigenvalue weighted by molar-refractivity contribution is 6.03. The molecular weight excluding hydrogens is 156 g/mol. The molecule has 1 fully saturated rings. The van der Waals surface area contributed by atoms with E-state index in [-0.39, 0.29) is 5.78 Å². The second kappa shape index (κ2) is 3.09. The van der Waals surface area contributed by atoms with E-state index in [0.717, 1.165) is 0 Å². The van der Waals surface area contributed by atoms with Crippen LogP contribution in [0.25, 0.3) is 0 Å². The monoisotopic (exact) mass is 168 g/mol. The third kappa shape index (κ3) is 1.15. The largest absolute Gasteiger partial charge is 0.465 e. The summed E-state index contributed by atoms with van der Waals surface area (Å²) >= 11 is 0. The van der Waals surface area contributed by atoms with Crippen LogP contribution < -0.4 is 0 Å². The Morgan fingerprint density at radius 2 is 2.50 bits per heavy atom. The zero-order chi connectivity index (χ0) is 9.19. The van der Waals surface area contributed by atoms with Gasteiger partial charge < -0.3 is 4.74 Å². The Morgan fingerprint density at radius 3 is 2.83 bits per heavy atom. The summed E-state index contributed by atoms with van der Waals surface area (Å²) in [6.45, 7) is 5.31. The van der Waals surface area contributed by atoms with Crippen LogP contribution >= 0.6 is 0 Å². The van der Waals surface area contributed by atoms with Gasteiger partial charge in [0.2, 0.25) is 0 Å². The van der Waals surface area contributed by atoms with Crippen molar-refractivity contribution >= 4 is 11.8 Å². The number of cyclic esters (lactones) is 1. The van der Waals surface area contributed by atoms with Gasteiger partial charge in [-0.25, -0.2) is 0 Å². The van der Waals surface area contributed by atoms with Gasteiger partial charge in [0.1, 0.15) is 11.2 Å². The highest BCUT2D eigenvalue weighted by Crippen LogP contribution is 2.34. The lowest BCUT2D eigenvalue weighted by molar-refractivity contribution is -0.150. The van der Waals surface area contributed by atoms with Gasteiger partial charge in [0, 0.05) is 6.42 Å². The summed E-state index contributed by atoms with van der Waals surface area (Å²) in [4.78, 5) is 22.5. The maximum Gasteiger partial charge on any atom is 0.320 e. The molecule has 0 aromatic carbocycles. The van der Waals surface area contributed by atoms with E-state index in [1.54, 1.807) is 6.08 Å². The fourth-order valence-corrected chi connectivity index (χ4v) is 1.45. The molecule has 1 saturated heterocycles. The second-order valence-electron chi connectivity index (χ2n) is 3.02. The van der Waals surface area contributed by atoms with Crippen LogP contribution in [0.3, 0.4) is 0 Å². The molecule has 1 atom stereocenters. The molecule has 0 N–H and O–H groups in total. The summed E-state index contributed by atoms with van der Waals surface area (Å²) in [6.07, 6.45) is 2.47. The van der Waals surface area contributed by atoms with Gasteiger partial charge in [-0.2, -0.15) is 0 Å². The van der Waals surface area contributed by atoms with Gasteiger partial charge in [-0.15, -0.1) is 6.58 Å². The summed E-state index contributed by atoms with van der Waals surface area (Å²) in [5.41, 5.74) is -0.915. The number of ketones is 1. The van der Waals surface area contributed by atoms with Gasteiger partial charge >= 0.3 is 5.97 Å². The van der Waals surface area contributed by atoms with Crippen LogP contribution in [-0.4, -0.2) is 18.4 Å². The Balaban J connectivity index is 2.92. The van der Waals surface area contributed by atoms with E-state index in [1.165, 1.54) is 6.92 Å². The molecule has 0 aromatic rings. The van der Waals surface area contributed by atoms with E-state index in [4.69, 9.17) is 4.74 Å². The second-order valence-corrected chi connectivity index (χ2v) is 3.02. The highest BCUT2D eigenvalue weighted by Gasteiger charge is 2.47. The van der Waals surface area contributed by atoms with Crippen molar-refractivity contribution in [3.05, 3.63) is 12.7 Å². The first-order valence-electron chi connectivity index (χ1n) is 3.92. The van der Waals surface area contributed by atoms with Crippen LogP contribution in [0.2, 0.25) is 0 Å². The number of rotatable bonds is 3. The Labute approximate surface area is 71.4 Å². The Bertz CT molecular complexity index is 232. The number of carbonyl (C=O) groups excluding carboxylic acids is 2. The molecule has 0 bridgehead atoms. The molecule has 3 nitrogen and oxygen atoms in total. The van der Waals surface area contributed by atoms with Crippen LogP contribution in [-0.2, 0) is 14.3 Å². The predicted octanol–water partition coefficient (Wildman–Crippen LogP) is 1.08. The molecule has 0 unspecified atom stereocenters. The van der Waals surface area contributed by atoms with Crippen molar-refractivity contribution in [3.8, 4) is 0 Å². The number of hydrogen-bond donors (Lipinski definition) is 0. The van der Waals surface area contributed by atoms with E-state index >= 15 is 0 Å². The van der Waals surface area contributed by atoms with E-state index in [2.05, 4.69) is 6.58 Å². The third-order valence-electron chi connectivity index (χ3n) is 2.32. The SMILES string of the molecule is C=CC[C@]1(C(C)=O)CCOC1=O. The fraction of sp³-hybridized carbons (Fsp3) is 0.556. The van der Waals surface area contributed by atoms with Crippen molar-refractivity contribution in [1.82, 2.24) is 0 Å². The molecule has 66 valence electrons. The summed E-state index contributed by atoms with van der Waals surface area (Å²) < 4.78 is 4.78. The first-order valence-corrected chi connectivity index (χ1v) is 3.92. The molecule has 1 rings (SSSR count). The maximum atomic E-state index is 11.2. The van der Waals surface area contributed by atoms with E-state index in [1.807, 2.05) is 0 Å². The summed E-state index contributed by atoms with van der Waals surface area (Å²) in [5.74, 6) is -0.514. The van der Waals surface area contributed by atoms with Gasteiger partial charge in [0.25, 0.3) is 0 Å². The van der Waals surface area contributed by atoms with Crippen LogP contribution in [0, 0.1) is 5.41 Å². The number of hydrogen-bond acceptors (Lipinski definition) is 3. The molecule has 0 spiro atoms. The maximum absolute atomic E-state index is 11.2. The lowest BCUT2D eigenvalue weighted by Gasteiger charge is -2.18. The first-order chi connectivity index (χ1) is 5.63. The standard InChI is InChI=1S/C9H12O3/c1-3-4-9(7(2)10)5-6-12-8(9)11/h3H,1,4-6H2,2H3/t9-/m1/s1. The van der Waals surface area contributed by atoms with Crippen molar-refractivity contribution in [2.75, 3.05) is 6.61 Å². The highest BCUT2D eigenvalue weighted by atomic mass is 16.5. The number of carbonyl (C=O) groups is 2. The minimum absolute atomic E-state index is 0.120. The topological polar surface area (TPSA) is 43.4 Å². The molecule has 0 radical (unpaired) electrons. The molecule has 1 aliphatic heterocycles. The Hall–Kier alpha value is -1.12. The predicted molar refractivity (Wildman–Crippen MR) is 43.5 cm³/mol. The van der Waals surface area contributed by atoms with Gasteiger partial charge in [-0.05, 0) is 13.3 Å². The third-order valence-corrected chi connectivity index (χ3v) is 2.32. The molecular formula is C9H12O3. The molecule has 0 amide bonds. The van der Waals surface area contributed by atoms with E-state index < -0.39 is 11.4 Å². The van der Waals surface area contributed by atoms with Crippen LogP contribution in [0.5, 0.6) is 0 Å². The molecule has 0 aliphatic carbocycles. The molecule has 0 saturated carbocycles. The summed E-state index contributed by atoms with van der Waals surface area (Å²) in [6, 6.07) is 0. The summed E-state index contributed by atoms with van der Waals surface area (Å²) in [7, 11) is 0. The number of Topliss-reactive ketones (excluding diaryl/α,β-unsaturated/α-hetero) is 1. The Kier molecular flexibility index (Phi) is 2.31. The van der Waals surface area contributed by atoms with Gasteiger partial charge in [-0.3, -0.25) is 9.59 Å². The summed E-state index contributed by atoms with van der Waals surface area (Å²) in [5, 5.41) is 0. The zero-order valence-corrected chi connectivity index (χ0v) is 7.13. The Morgan fingerprint density at radius 1 is 1.83 bits per heavy atom. The molecule has 1 aliphatic rings. The lowest BCUT2D eigenvalue weighted by Crippen LogP contribution is -2.33. The van der Waals surface area contributed by atoms with E-state index in [9.17, 15) is 9.59 Å². The molecule has 0 aromatic heterocycles. The molecule has 3 heteroatoms. The zero-order valence-electron chi connectivity index (χ0n) is 7.13. The number of allylic oxidation sites excluding steroid dienone is 1. The van der Waals surface area contributed by atoms with Crippen LogP contribution in [0.4, 0.5) is 0 Å². The van der Waals surface area contributed by atoms with Crippen LogP contribution in [0.1, 0.15) is 19.8 Å². The van der Waals surface area contributed by atoms with Crippen molar-refractivity contribution in [3.63, 3.8) is 0 Å². The first kappa shape index (κ1) is 8.97. The van der Waals surface area contributed by atoms with Crippen molar-refractivity contribution in [2.24, 2.45) is 5.41 Å². The number of ether oxygens (including phenoxy) is 1. The van der Waals surface area contributed by atoms with Gasteiger partial charge in [-0.1, -0.05) is 6.08 Å². The van der Waals surface area contributed by atoms with E-state index in [0.29, 0.717) is 19.4 Å². The molecule has 1 heterocycles. The average molecular weight is 168 g/mol. The fourth-order valence-electron chi connectivity index (χ4n) is 1.45. The van der Waals surface area contributed by atoms with Gasteiger partial charge in [0.05, 0.1) is 6.61 Å². The van der Waals surface area contributed by atoms with Gasteiger partial charge in [0.15, 0.2) is 0 Å². The average Bonchev–Trinajstić information content (AvgIpc) is 2.34. The minimum Gasteiger partial charge on any atom is -0.465 e. The van der Waals surface area contributed by atoms with Crippen molar-refractivity contribution in [2.45, 2.75) is 19.8 Å². The van der Waals surface area contributed by atoms with Crippen LogP contribution in [0.15, 0.2) is 12.7 Å². The van der Waals surface area contributed by atoms with Crippen molar-refractivity contribution < 1.29 is 14.3 Å².